The standard InChI is InChI=1S/C32H39N3O5S2/c1-20(2)27-17-25(36)16-26-10-6-7-13-41-42-19-29(35-30(27)37)32(39)34-28(31(38)33-18-21(3)40-26)15-22-11-12-23-8-4-5-9-24(23)14-22/h4-6,8-12,14,20,26-29H,3,7,13,15-19H2,1-2H3,(H,33,38)(H,34,39)(H,35,37)/b10-6+/t26?,27-,28-,29-/m1/s1. The van der Waals surface area contributed by atoms with Gasteiger partial charge in [0.15, 0.2) is 0 Å². The fraction of sp³-hybridized carbons (Fsp3) is 0.438. The topological polar surface area (TPSA) is 114 Å². The van der Waals surface area contributed by atoms with E-state index < -0.39 is 35.9 Å². The molecule has 4 rings (SSSR count). The van der Waals surface area contributed by atoms with Crippen molar-refractivity contribution in [2.75, 3.05) is 18.1 Å². The molecule has 3 N–H and O–H groups in total. The van der Waals surface area contributed by atoms with Crippen molar-refractivity contribution in [3.8, 4) is 0 Å². The Hall–Kier alpha value is -3.24. The molecule has 2 aliphatic rings. The first-order valence-corrected chi connectivity index (χ1v) is 16.8. The summed E-state index contributed by atoms with van der Waals surface area (Å²) >= 11 is 0. The number of ketones is 1. The average Bonchev–Trinajstić information content (AvgIpc) is 2.96. The quantitative estimate of drug-likeness (QED) is 0.351. The van der Waals surface area contributed by atoms with Crippen LogP contribution in [0, 0.1) is 11.8 Å². The SMILES string of the molecule is C=C1CNC(=O)[C@@H](Cc2ccc3ccccc3c2)NC(=O)[C@H]2CSSCC/C=C/C(CC(=O)C[C@H](C(C)C)C(=O)N2)O1. The van der Waals surface area contributed by atoms with E-state index in [0.29, 0.717) is 11.5 Å². The lowest BCUT2D eigenvalue weighted by atomic mass is 9.88. The molecule has 2 aromatic rings. The lowest BCUT2D eigenvalue weighted by Crippen LogP contribution is -2.56. The van der Waals surface area contributed by atoms with Crippen LogP contribution >= 0.6 is 21.6 Å². The number of fused-ring (bicyclic) bond motifs is 8. The Kier molecular flexibility index (Phi) is 11.5. The maximum absolute atomic E-state index is 13.7. The van der Waals surface area contributed by atoms with Crippen molar-refractivity contribution >= 4 is 55.9 Å². The molecule has 0 aliphatic carbocycles. The van der Waals surface area contributed by atoms with E-state index in [-0.39, 0.29) is 43.4 Å². The smallest absolute Gasteiger partial charge is 0.244 e. The summed E-state index contributed by atoms with van der Waals surface area (Å²) < 4.78 is 6.01. The first-order chi connectivity index (χ1) is 20.2. The van der Waals surface area contributed by atoms with Gasteiger partial charge >= 0.3 is 0 Å². The van der Waals surface area contributed by atoms with Crippen LogP contribution in [0.1, 0.15) is 38.7 Å². The lowest BCUT2D eigenvalue weighted by Gasteiger charge is -2.27. The molecular formula is C32H39N3O5S2. The summed E-state index contributed by atoms with van der Waals surface area (Å²) in [6, 6.07) is 12.1. The molecule has 0 aromatic heterocycles. The third kappa shape index (κ3) is 9.13. The van der Waals surface area contributed by atoms with E-state index >= 15 is 0 Å². The zero-order chi connectivity index (χ0) is 30.1. The van der Waals surface area contributed by atoms with Gasteiger partial charge in [-0.3, -0.25) is 19.2 Å². The van der Waals surface area contributed by atoms with Gasteiger partial charge in [-0.2, -0.15) is 0 Å². The van der Waals surface area contributed by atoms with Crippen LogP contribution in [0.4, 0.5) is 0 Å². The van der Waals surface area contributed by atoms with E-state index in [1.54, 1.807) is 10.8 Å². The molecule has 8 nitrogen and oxygen atoms in total. The van der Waals surface area contributed by atoms with Crippen molar-refractivity contribution in [2.45, 2.75) is 57.7 Å². The Bertz CT molecular complexity index is 1340. The Balaban J connectivity index is 1.67. The van der Waals surface area contributed by atoms with Gasteiger partial charge in [-0.1, -0.05) is 90.6 Å². The zero-order valence-corrected chi connectivity index (χ0v) is 25.7. The average molecular weight is 610 g/mol. The molecular weight excluding hydrogens is 571 g/mol. The minimum atomic E-state index is -0.898. The number of nitrogens with one attached hydrogen (secondary N) is 3. The second kappa shape index (κ2) is 15.3. The normalized spacial score (nSPS) is 26.1. The van der Waals surface area contributed by atoms with E-state index in [9.17, 15) is 19.2 Å². The molecule has 3 amide bonds. The second-order valence-electron chi connectivity index (χ2n) is 11.0. The number of carbonyl (C=O) groups excluding carboxylic acids is 4. The molecule has 4 atom stereocenters. The van der Waals surface area contributed by atoms with E-state index in [0.717, 1.165) is 28.5 Å². The monoisotopic (exact) mass is 609 g/mol. The summed E-state index contributed by atoms with van der Waals surface area (Å²) in [5.41, 5.74) is 0.888. The summed E-state index contributed by atoms with van der Waals surface area (Å²) in [6.07, 6.45) is 4.40. The maximum atomic E-state index is 13.7. The van der Waals surface area contributed by atoms with Crippen LogP contribution in [-0.4, -0.2) is 59.7 Å². The second-order valence-corrected chi connectivity index (χ2v) is 13.7. The van der Waals surface area contributed by atoms with Crippen molar-refractivity contribution in [1.82, 2.24) is 16.0 Å². The van der Waals surface area contributed by atoms with Gasteiger partial charge < -0.3 is 20.7 Å². The molecule has 10 heteroatoms. The first kappa shape index (κ1) is 31.7. The van der Waals surface area contributed by atoms with Crippen LogP contribution in [0.2, 0.25) is 0 Å². The highest BCUT2D eigenvalue weighted by molar-refractivity contribution is 8.76. The van der Waals surface area contributed by atoms with Crippen molar-refractivity contribution in [2.24, 2.45) is 11.8 Å². The first-order valence-electron chi connectivity index (χ1n) is 14.3. The number of amides is 3. The van der Waals surface area contributed by atoms with E-state index in [2.05, 4.69) is 22.5 Å². The fourth-order valence-corrected chi connectivity index (χ4v) is 7.14. The van der Waals surface area contributed by atoms with Crippen LogP contribution in [0.5, 0.6) is 0 Å². The van der Waals surface area contributed by atoms with Crippen LogP contribution in [-0.2, 0) is 30.3 Å². The third-order valence-corrected chi connectivity index (χ3v) is 9.80. The molecule has 0 spiro atoms. The van der Waals surface area contributed by atoms with E-state index in [4.69, 9.17) is 4.74 Å². The van der Waals surface area contributed by atoms with Crippen LogP contribution < -0.4 is 16.0 Å². The van der Waals surface area contributed by atoms with E-state index in [1.807, 2.05) is 68.5 Å². The van der Waals surface area contributed by atoms with Gasteiger partial charge in [0.05, 0.1) is 6.54 Å². The number of hydrogen-bond donors (Lipinski definition) is 3. The van der Waals surface area contributed by atoms with Gasteiger partial charge in [-0.25, -0.2) is 0 Å². The summed E-state index contributed by atoms with van der Waals surface area (Å²) in [5.74, 6) is -0.623. The van der Waals surface area contributed by atoms with E-state index in [1.165, 1.54) is 10.8 Å². The molecule has 2 heterocycles. The van der Waals surface area contributed by atoms with Gasteiger partial charge in [0.2, 0.25) is 17.7 Å². The Morgan fingerprint density at radius 2 is 1.74 bits per heavy atom. The number of benzene rings is 2. The van der Waals surface area contributed by atoms with Crippen LogP contribution in [0.3, 0.4) is 0 Å². The molecule has 0 radical (unpaired) electrons. The summed E-state index contributed by atoms with van der Waals surface area (Å²) in [7, 11) is 3.09. The Morgan fingerprint density at radius 1 is 0.952 bits per heavy atom. The Labute approximate surface area is 255 Å². The van der Waals surface area contributed by atoms with Gasteiger partial charge in [-0.15, -0.1) is 0 Å². The van der Waals surface area contributed by atoms with Gasteiger partial charge in [0.1, 0.15) is 29.7 Å². The van der Waals surface area contributed by atoms with Crippen molar-refractivity contribution < 1.29 is 23.9 Å². The highest BCUT2D eigenvalue weighted by atomic mass is 33.1. The van der Waals surface area contributed by atoms with Crippen LogP contribution in [0.15, 0.2) is 67.0 Å². The fourth-order valence-electron chi connectivity index (χ4n) is 4.98. The third-order valence-electron chi connectivity index (χ3n) is 7.35. The van der Waals surface area contributed by atoms with Crippen molar-refractivity contribution in [1.29, 1.82) is 0 Å². The molecule has 2 aliphatic heterocycles. The van der Waals surface area contributed by atoms with Gasteiger partial charge in [-0.05, 0) is 34.8 Å². The molecule has 0 saturated carbocycles. The predicted octanol–water partition coefficient (Wildman–Crippen LogP) is 4.34. The molecule has 2 aromatic carbocycles. The number of allylic oxidation sites excluding steroid dienone is 1. The number of rotatable bonds is 3. The van der Waals surface area contributed by atoms with Crippen LogP contribution in [0.25, 0.3) is 10.8 Å². The number of ether oxygens (including phenoxy) is 1. The largest absolute Gasteiger partial charge is 0.489 e. The molecule has 1 unspecified atom stereocenters. The van der Waals surface area contributed by atoms with Gasteiger partial charge in [0, 0.05) is 36.7 Å². The number of carbonyl (C=O) groups is 4. The molecule has 42 heavy (non-hydrogen) atoms. The maximum Gasteiger partial charge on any atom is 0.244 e. The lowest BCUT2D eigenvalue weighted by molar-refractivity contribution is -0.135. The number of Topliss-reactive ketones (excluding diaryl/α,β-unsaturated/α-hetero) is 1. The minimum absolute atomic E-state index is 0.0297. The summed E-state index contributed by atoms with van der Waals surface area (Å²) in [5, 5.41) is 10.8. The van der Waals surface area contributed by atoms with Crippen molar-refractivity contribution in [3.63, 3.8) is 0 Å². The zero-order valence-electron chi connectivity index (χ0n) is 24.1. The number of hydrogen-bond acceptors (Lipinski definition) is 7. The molecule has 224 valence electrons. The highest BCUT2D eigenvalue weighted by Crippen LogP contribution is 2.25. The summed E-state index contributed by atoms with van der Waals surface area (Å²) in [6.45, 7) is 7.78. The highest BCUT2D eigenvalue weighted by Gasteiger charge is 2.32. The predicted molar refractivity (Wildman–Crippen MR) is 170 cm³/mol. The van der Waals surface area contributed by atoms with Gasteiger partial charge in [0.25, 0.3) is 0 Å². The molecule has 1 saturated heterocycles. The molecule has 1 fully saturated rings. The Morgan fingerprint density at radius 3 is 2.52 bits per heavy atom. The molecule has 2 bridgehead atoms. The van der Waals surface area contributed by atoms with Crippen molar-refractivity contribution in [3.05, 3.63) is 72.5 Å². The summed E-state index contributed by atoms with van der Waals surface area (Å²) in [4.78, 5) is 53.7. The minimum Gasteiger partial charge on any atom is -0.489 e.